The van der Waals surface area contributed by atoms with Gasteiger partial charge in [-0.2, -0.15) is 5.06 Å². The lowest BCUT2D eigenvalue weighted by atomic mass is 10.2. The van der Waals surface area contributed by atoms with Crippen molar-refractivity contribution in [3.63, 3.8) is 0 Å². The molecule has 1 aromatic carbocycles. The normalized spacial score (nSPS) is 9.21. The van der Waals surface area contributed by atoms with Gasteiger partial charge >= 0.3 is 5.97 Å². The Labute approximate surface area is 88.2 Å². The fourth-order valence-electron chi connectivity index (χ4n) is 0.988. The number of hydrogen-bond acceptors (Lipinski definition) is 3. The van der Waals surface area contributed by atoms with Gasteiger partial charge < -0.3 is 4.84 Å². The zero-order chi connectivity index (χ0) is 10.4. The Balaban J connectivity index is 2.57. The molecule has 0 aliphatic rings. The molecule has 0 fully saturated rings. The zero-order valence-electron chi connectivity index (χ0n) is 7.77. The summed E-state index contributed by atoms with van der Waals surface area (Å²) in [7, 11) is 0. The van der Waals surface area contributed by atoms with Crippen LogP contribution < -0.4 is 0 Å². The van der Waals surface area contributed by atoms with E-state index >= 15 is 0 Å². The van der Waals surface area contributed by atoms with Gasteiger partial charge in [-0.1, -0.05) is 42.5 Å². The fourth-order valence-corrected chi connectivity index (χ4v) is 1.09. The predicted octanol–water partition coefficient (Wildman–Crippen LogP) is 1.80. The van der Waals surface area contributed by atoms with Gasteiger partial charge in [0.25, 0.3) is 0 Å². The molecular formula is C10H10NO2S. The zero-order valence-corrected chi connectivity index (χ0v) is 8.58. The molecule has 0 amide bonds. The first-order valence-corrected chi connectivity index (χ1v) is 4.51. The highest BCUT2D eigenvalue weighted by molar-refractivity contribution is 7.78. The van der Waals surface area contributed by atoms with E-state index < -0.39 is 5.97 Å². The molecule has 0 aliphatic heterocycles. The first-order chi connectivity index (χ1) is 6.72. The van der Waals surface area contributed by atoms with Crippen molar-refractivity contribution in [3.8, 4) is 0 Å². The second kappa shape index (κ2) is 5.34. The molecule has 0 unspecified atom stereocenters. The van der Waals surface area contributed by atoms with E-state index in [1.807, 2.05) is 30.3 Å². The summed E-state index contributed by atoms with van der Waals surface area (Å²) >= 11 is 4.59. The number of carbonyl (C=O) groups is 1. The van der Waals surface area contributed by atoms with E-state index in [1.165, 1.54) is 12.0 Å². The standard InChI is InChI=1S/C10H10NO2S/c1-9(12)13-11(8-14)7-10-5-3-2-4-6-10/h2-6H,7H2,1H3. The van der Waals surface area contributed by atoms with Crippen molar-refractivity contribution in [2.75, 3.05) is 0 Å². The molecular weight excluding hydrogens is 198 g/mol. The summed E-state index contributed by atoms with van der Waals surface area (Å²) in [6.07, 6.45) is 0. The molecule has 4 heteroatoms. The van der Waals surface area contributed by atoms with Crippen molar-refractivity contribution >= 4 is 23.7 Å². The van der Waals surface area contributed by atoms with Crippen LogP contribution in [0.3, 0.4) is 0 Å². The van der Waals surface area contributed by atoms with Gasteiger partial charge in [-0.25, -0.2) is 0 Å². The molecule has 1 radical (unpaired) electrons. The topological polar surface area (TPSA) is 29.5 Å². The number of nitrogens with zero attached hydrogens (tertiary/aromatic N) is 1. The highest BCUT2D eigenvalue weighted by atomic mass is 32.1. The summed E-state index contributed by atoms with van der Waals surface area (Å²) in [5.74, 6) is -0.404. The highest BCUT2D eigenvalue weighted by Crippen LogP contribution is 2.03. The molecule has 0 aromatic heterocycles. The average molecular weight is 208 g/mol. The number of benzene rings is 1. The average Bonchev–Trinajstić information content (AvgIpc) is 2.17. The Bertz CT molecular complexity index is 313. The van der Waals surface area contributed by atoms with E-state index in [0.29, 0.717) is 6.54 Å². The maximum Gasteiger partial charge on any atom is 0.329 e. The first-order valence-electron chi connectivity index (χ1n) is 4.10. The fraction of sp³-hybridized carbons (Fsp3) is 0.200. The minimum absolute atomic E-state index is 0.404. The molecule has 0 saturated carbocycles. The lowest BCUT2D eigenvalue weighted by Gasteiger charge is -2.15. The van der Waals surface area contributed by atoms with Gasteiger partial charge in [0.15, 0.2) is 5.49 Å². The Morgan fingerprint density at radius 3 is 2.64 bits per heavy atom. The summed E-state index contributed by atoms with van der Waals surface area (Å²) in [6, 6.07) is 9.57. The summed E-state index contributed by atoms with van der Waals surface area (Å²) in [5.41, 5.74) is 3.36. The van der Waals surface area contributed by atoms with Crippen LogP contribution in [-0.4, -0.2) is 16.5 Å². The maximum atomic E-state index is 10.7. The van der Waals surface area contributed by atoms with Gasteiger partial charge in [-0.05, 0) is 5.56 Å². The van der Waals surface area contributed by atoms with Crippen molar-refractivity contribution in [2.45, 2.75) is 13.5 Å². The van der Waals surface area contributed by atoms with Crippen LogP contribution in [-0.2, 0) is 16.2 Å². The summed E-state index contributed by atoms with van der Waals surface area (Å²) in [6.45, 7) is 1.74. The van der Waals surface area contributed by atoms with Crippen LogP contribution in [0.15, 0.2) is 30.3 Å². The van der Waals surface area contributed by atoms with Crippen LogP contribution in [0.5, 0.6) is 0 Å². The van der Waals surface area contributed by atoms with Gasteiger partial charge in [0.1, 0.15) is 0 Å². The lowest BCUT2D eigenvalue weighted by molar-refractivity contribution is -0.170. The Morgan fingerprint density at radius 2 is 2.14 bits per heavy atom. The molecule has 0 bridgehead atoms. The van der Waals surface area contributed by atoms with Crippen molar-refractivity contribution < 1.29 is 9.63 Å². The third kappa shape index (κ3) is 3.53. The Kier molecular flexibility index (Phi) is 4.07. The molecule has 0 saturated heterocycles. The van der Waals surface area contributed by atoms with Gasteiger partial charge in [-0.3, -0.25) is 4.79 Å². The van der Waals surface area contributed by atoms with E-state index in [1.54, 1.807) is 0 Å². The molecule has 14 heavy (non-hydrogen) atoms. The number of hydrogen-bond donors (Lipinski definition) is 0. The van der Waals surface area contributed by atoms with Crippen molar-refractivity contribution in [3.05, 3.63) is 35.9 Å². The predicted molar refractivity (Wildman–Crippen MR) is 56.3 cm³/mol. The van der Waals surface area contributed by atoms with Crippen LogP contribution in [0.1, 0.15) is 12.5 Å². The van der Waals surface area contributed by atoms with Crippen molar-refractivity contribution in [2.24, 2.45) is 0 Å². The van der Waals surface area contributed by atoms with Crippen molar-refractivity contribution in [1.29, 1.82) is 0 Å². The second-order valence-corrected chi connectivity index (χ2v) is 2.88. The molecule has 0 heterocycles. The van der Waals surface area contributed by atoms with Crippen LogP contribution in [0.4, 0.5) is 0 Å². The van der Waals surface area contributed by atoms with Gasteiger partial charge in [0.2, 0.25) is 0 Å². The maximum absolute atomic E-state index is 10.7. The van der Waals surface area contributed by atoms with Gasteiger partial charge in [-0.15, -0.1) is 0 Å². The third-order valence-electron chi connectivity index (χ3n) is 1.51. The minimum Gasteiger partial charge on any atom is -0.340 e. The molecule has 0 aliphatic carbocycles. The highest BCUT2D eigenvalue weighted by Gasteiger charge is 2.04. The number of thiocarbonyl (C=S) groups is 1. The largest absolute Gasteiger partial charge is 0.340 e. The Hall–Kier alpha value is -1.42. The van der Waals surface area contributed by atoms with E-state index in [4.69, 9.17) is 4.84 Å². The van der Waals surface area contributed by atoms with Crippen LogP contribution in [0.25, 0.3) is 0 Å². The lowest BCUT2D eigenvalue weighted by Crippen LogP contribution is -2.23. The first kappa shape index (κ1) is 10.7. The molecule has 3 nitrogen and oxygen atoms in total. The second-order valence-electron chi connectivity index (χ2n) is 2.70. The quantitative estimate of drug-likeness (QED) is 0.429. The van der Waals surface area contributed by atoms with E-state index in [-0.39, 0.29) is 0 Å². The molecule has 0 atom stereocenters. The van der Waals surface area contributed by atoms with Gasteiger partial charge in [0, 0.05) is 6.92 Å². The third-order valence-corrected chi connectivity index (χ3v) is 1.71. The molecule has 0 N–H and O–H groups in total. The SMILES string of the molecule is CC(=O)ON([C]=S)Cc1ccccc1. The number of carbonyl (C=O) groups excluding carboxylic acids is 1. The van der Waals surface area contributed by atoms with E-state index in [0.717, 1.165) is 5.56 Å². The molecule has 1 rings (SSSR count). The Morgan fingerprint density at radius 1 is 1.50 bits per heavy atom. The monoisotopic (exact) mass is 208 g/mol. The van der Waals surface area contributed by atoms with E-state index in [9.17, 15) is 4.79 Å². The van der Waals surface area contributed by atoms with Crippen LogP contribution in [0.2, 0.25) is 0 Å². The van der Waals surface area contributed by atoms with E-state index in [2.05, 4.69) is 17.7 Å². The molecule has 0 spiro atoms. The molecule has 1 aromatic rings. The van der Waals surface area contributed by atoms with Gasteiger partial charge in [0.05, 0.1) is 6.54 Å². The number of hydroxylamine groups is 2. The van der Waals surface area contributed by atoms with Crippen LogP contribution >= 0.6 is 12.2 Å². The summed E-state index contributed by atoms with van der Waals surface area (Å²) in [4.78, 5) is 15.4. The smallest absolute Gasteiger partial charge is 0.329 e. The number of rotatable bonds is 4. The molecule has 73 valence electrons. The minimum atomic E-state index is -0.404. The summed E-state index contributed by atoms with van der Waals surface area (Å²) in [5, 5.41) is 1.20. The van der Waals surface area contributed by atoms with Crippen molar-refractivity contribution in [1.82, 2.24) is 5.06 Å². The van der Waals surface area contributed by atoms with Crippen LogP contribution in [0, 0.1) is 0 Å². The summed E-state index contributed by atoms with van der Waals surface area (Å²) < 4.78 is 0.